The molecule has 0 aromatic heterocycles. The van der Waals surface area contributed by atoms with E-state index in [4.69, 9.17) is 44.3 Å². The Morgan fingerprint density at radius 3 is 1.38 bits per heavy atom. The molecule has 0 heterocycles. The summed E-state index contributed by atoms with van der Waals surface area (Å²) >= 11 is 24.5. The second-order valence-electron chi connectivity index (χ2n) is 2.87. The van der Waals surface area contributed by atoms with Crippen LogP contribution < -0.4 is 0 Å². The summed E-state index contributed by atoms with van der Waals surface area (Å²) in [6, 6.07) is 1.25. The third kappa shape index (κ3) is 7.06. The Hall–Kier alpha value is 1.07. The highest BCUT2D eigenvalue weighted by Gasteiger charge is 2.39. The van der Waals surface area contributed by atoms with E-state index in [1.54, 1.807) is 12.2 Å². The summed E-state index contributed by atoms with van der Waals surface area (Å²) < 4.78 is 0. The van der Waals surface area contributed by atoms with E-state index in [0.717, 1.165) is 0 Å². The van der Waals surface area contributed by atoms with E-state index in [-0.39, 0.29) is 0 Å². The predicted octanol–water partition coefficient (Wildman–Crippen LogP) is 4.74. The molecule has 0 rings (SSSR count). The van der Waals surface area contributed by atoms with Gasteiger partial charge in [0.2, 0.25) is 0 Å². The summed E-state index contributed by atoms with van der Waals surface area (Å²) in [5.41, 5.74) is 0.560. The van der Waals surface area contributed by atoms with E-state index < -0.39 is 13.4 Å². The lowest BCUT2D eigenvalue weighted by Gasteiger charge is -2.21. The molecule has 6 heteroatoms. The third-order valence-electron chi connectivity index (χ3n) is 1.40. The van der Waals surface area contributed by atoms with Gasteiger partial charge in [-0.1, -0.05) is 12.2 Å². The van der Waals surface area contributed by atoms with Crippen molar-refractivity contribution in [2.75, 3.05) is 0 Å². The van der Waals surface area contributed by atoms with Gasteiger partial charge < -0.3 is 0 Å². The molecule has 0 saturated heterocycles. The van der Waals surface area contributed by atoms with E-state index in [1.807, 2.05) is 0 Å². The number of halogens is 4. The van der Waals surface area contributed by atoms with Crippen LogP contribution in [-0.4, -0.2) is 13.4 Å². The molecule has 0 spiro atoms. The Morgan fingerprint density at radius 2 is 1.15 bits per heavy atom. The van der Waals surface area contributed by atoms with Gasteiger partial charge in [-0.2, -0.15) is 0 Å². The van der Waals surface area contributed by atoms with Crippen LogP contribution in [0.3, 0.4) is 0 Å². The maximum absolute atomic E-state index is 6.12. The first-order valence-electron chi connectivity index (χ1n) is 3.80. The van der Waals surface area contributed by atoms with Crippen LogP contribution in [0.15, 0.2) is 25.3 Å². The monoisotopic (exact) mass is 292 g/mol. The number of hydrogen-bond donors (Lipinski definition) is 0. The maximum Gasteiger partial charge on any atom is 0.254 e. The average molecular weight is 294 g/mol. The van der Waals surface area contributed by atoms with Crippen molar-refractivity contribution in [1.82, 2.24) is 0 Å². The molecule has 0 N–H and O–H groups in total. The minimum absolute atomic E-state index is 0.560. The fourth-order valence-electron chi connectivity index (χ4n) is 0.945. The Kier molecular flexibility index (Phi) is 6.32. The molecule has 0 nitrogen and oxygen atoms in total. The van der Waals surface area contributed by atoms with E-state index >= 15 is 0 Å². The van der Waals surface area contributed by atoms with E-state index in [2.05, 4.69) is 13.2 Å². The number of hydrogen-bond acceptors (Lipinski definition) is 0. The summed E-state index contributed by atoms with van der Waals surface area (Å²) in [6.07, 6.45) is 3.44. The molecule has 0 aliphatic carbocycles. The summed E-state index contributed by atoms with van der Waals surface area (Å²) in [5.74, 6) is 0. The van der Waals surface area contributed by atoms with Gasteiger partial charge in [-0.25, -0.2) is 0 Å². The van der Waals surface area contributed by atoms with Gasteiger partial charge >= 0.3 is 0 Å². The van der Waals surface area contributed by atoms with Gasteiger partial charge in [0.05, 0.1) is 0 Å². The second-order valence-corrected chi connectivity index (χ2v) is 18.4. The van der Waals surface area contributed by atoms with E-state index in [9.17, 15) is 0 Å². The van der Waals surface area contributed by atoms with Gasteiger partial charge in [0.25, 0.3) is 13.4 Å². The highest BCUT2D eigenvalue weighted by Crippen LogP contribution is 2.37. The van der Waals surface area contributed by atoms with Gasteiger partial charge in [0.1, 0.15) is 0 Å². The van der Waals surface area contributed by atoms with Crippen molar-refractivity contribution in [3.63, 3.8) is 0 Å². The third-order valence-corrected chi connectivity index (χ3v) is 14.0. The minimum Gasteiger partial charge on any atom is -0.146 e. The molecule has 0 saturated carbocycles. The average Bonchev–Trinajstić information content (AvgIpc) is 1.82. The van der Waals surface area contributed by atoms with Crippen molar-refractivity contribution >= 4 is 57.7 Å². The lowest BCUT2D eigenvalue weighted by molar-refractivity contribution is 1.58. The molecule has 0 unspecified atom stereocenters. The number of rotatable bonds is 6. The van der Waals surface area contributed by atoms with Crippen molar-refractivity contribution in [2.24, 2.45) is 0 Å². The van der Waals surface area contributed by atoms with Crippen LogP contribution in [0.25, 0.3) is 0 Å². The summed E-state index contributed by atoms with van der Waals surface area (Å²) in [5, 5.41) is 0. The Morgan fingerprint density at radius 1 is 0.846 bits per heavy atom. The molecule has 76 valence electrons. The lowest BCUT2D eigenvalue weighted by Crippen LogP contribution is -2.31. The molecular weight excluding hydrogens is 282 g/mol. The summed E-state index contributed by atoms with van der Waals surface area (Å²) in [6.45, 7) is 2.59. The van der Waals surface area contributed by atoms with Crippen LogP contribution in [0.5, 0.6) is 0 Å². The van der Waals surface area contributed by atoms with Crippen molar-refractivity contribution in [3.05, 3.63) is 25.3 Å². The Bertz CT molecular complexity index is 171. The molecule has 0 bridgehead atoms. The summed E-state index contributed by atoms with van der Waals surface area (Å²) in [4.78, 5) is 0. The zero-order valence-corrected chi connectivity index (χ0v) is 12.2. The van der Waals surface area contributed by atoms with Gasteiger partial charge in [-0.3, -0.25) is 0 Å². The second kappa shape index (κ2) is 5.83. The molecule has 0 aromatic rings. The largest absolute Gasteiger partial charge is 0.254 e. The van der Waals surface area contributed by atoms with Gasteiger partial charge in [0.15, 0.2) is 0 Å². The predicted molar refractivity (Wildman–Crippen MR) is 69.7 cm³/mol. The molecule has 13 heavy (non-hydrogen) atoms. The first-order chi connectivity index (χ1) is 5.83. The zero-order chi connectivity index (χ0) is 10.5. The molecule has 0 aliphatic heterocycles. The Labute approximate surface area is 100 Å². The van der Waals surface area contributed by atoms with Crippen LogP contribution >= 0.6 is 44.3 Å². The smallest absolute Gasteiger partial charge is 0.146 e. The topological polar surface area (TPSA) is 0 Å². The first kappa shape index (κ1) is 14.1. The van der Waals surface area contributed by atoms with Crippen LogP contribution in [0.4, 0.5) is 0 Å². The van der Waals surface area contributed by atoms with Crippen molar-refractivity contribution in [2.45, 2.75) is 17.8 Å². The lowest BCUT2D eigenvalue weighted by atomic mass is 10.8. The van der Waals surface area contributed by atoms with Gasteiger partial charge in [-0.15, -0.1) is 57.5 Å². The van der Waals surface area contributed by atoms with Crippen LogP contribution in [0, 0.1) is 0 Å². The van der Waals surface area contributed by atoms with E-state index in [1.165, 1.54) is 0 Å². The van der Waals surface area contributed by atoms with Gasteiger partial charge in [-0.05, 0) is 17.8 Å². The van der Waals surface area contributed by atoms with Crippen molar-refractivity contribution in [3.8, 4) is 0 Å². The fraction of sp³-hybridized carbons (Fsp3) is 0.429. The molecular formula is C7H12Cl4Si2. The number of allylic oxidation sites excluding steroid dienone is 2. The quantitative estimate of drug-likeness (QED) is 0.377. The summed E-state index contributed by atoms with van der Waals surface area (Å²) in [7, 11) is 0. The SMILES string of the molecule is C=CC[Si](Cl)(Cl)C[Si](Cl)(Cl)CC=C. The van der Waals surface area contributed by atoms with Crippen molar-refractivity contribution in [1.29, 1.82) is 0 Å². The minimum atomic E-state index is -2.30. The van der Waals surface area contributed by atoms with Gasteiger partial charge in [0, 0.05) is 0 Å². The zero-order valence-electron chi connectivity index (χ0n) is 7.20. The van der Waals surface area contributed by atoms with Crippen molar-refractivity contribution < 1.29 is 0 Å². The highest BCUT2D eigenvalue weighted by atomic mass is 35.7. The van der Waals surface area contributed by atoms with Crippen LogP contribution in [0.1, 0.15) is 0 Å². The standard InChI is InChI=1S/C7H12Cl4Si2/c1-3-5-12(8,9)7-13(10,11)6-4-2/h3-4H,1-2,5-7H2. The molecule has 0 fully saturated rings. The molecule has 0 amide bonds. The van der Waals surface area contributed by atoms with Crippen LogP contribution in [-0.2, 0) is 0 Å². The highest BCUT2D eigenvalue weighted by molar-refractivity contribution is 7.56. The fourth-order valence-corrected chi connectivity index (χ4v) is 18.0. The normalized spacial score (nSPS) is 12.6. The molecule has 0 atom stereocenters. The first-order valence-corrected chi connectivity index (χ1v) is 12.7. The molecule has 0 aliphatic rings. The molecule has 0 aromatic carbocycles. The van der Waals surface area contributed by atoms with E-state index in [0.29, 0.717) is 17.8 Å². The maximum atomic E-state index is 6.12. The van der Waals surface area contributed by atoms with Crippen LogP contribution in [0.2, 0.25) is 17.8 Å². The molecule has 0 radical (unpaired) electrons. The Balaban J connectivity index is 4.22.